The first-order valence-corrected chi connectivity index (χ1v) is 7.31. The summed E-state index contributed by atoms with van der Waals surface area (Å²) >= 11 is 0. The lowest BCUT2D eigenvalue weighted by Gasteiger charge is -2.25. The largest absolute Gasteiger partial charge is 0.423 e. The number of hydrogen-bond acceptors (Lipinski definition) is 5. The zero-order chi connectivity index (χ0) is 15.8. The third-order valence-electron chi connectivity index (χ3n) is 3.85. The molecule has 5 nitrogen and oxygen atoms in total. The molecule has 0 amide bonds. The molecular weight excluding hydrogens is 292 g/mol. The van der Waals surface area contributed by atoms with Crippen LogP contribution in [0.25, 0.3) is 11.0 Å². The highest BCUT2D eigenvalue weighted by Crippen LogP contribution is 2.35. The van der Waals surface area contributed by atoms with E-state index in [-0.39, 0.29) is 0 Å². The van der Waals surface area contributed by atoms with E-state index in [0.717, 1.165) is 22.5 Å². The molecule has 0 saturated carbocycles. The van der Waals surface area contributed by atoms with Crippen LogP contribution in [0.3, 0.4) is 0 Å². The van der Waals surface area contributed by atoms with Gasteiger partial charge in [0.15, 0.2) is 0 Å². The van der Waals surface area contributed by atoms with Gasteiger partial charge in [0.05, 0.1) is 0 Å². The number of nitrogens with zero attached hydrogens (tertiary/aromatic N) is 2. The van der Waals surface area contributed by atoms with Gasteiger partial charge in [-0.15, -0.1) is 0 Å². The number of anilines is 1. The first-order valence-electron chi connectivity index (χ1n) is 7.31. The van der Waals surface area contributed by atoms with Crippen LogP contribution in [0.4, 0.5) is 5.69 Å². The van der Waals surface area contributed by atoms with E-state index in [2.05, 4.69) is 5.16 Å². The van der Waals surface area contributed by atoms with Crippen molar-refractivity contribution < 1.29 is 9.25 Å². The van der Waals surface area contributed by atoms with Gasteiger partial charge in [-0.1, -0.05) is 41.6 Å². The zero-order valence-corrected chi connectivity index (χ0v) is 12.5. The summed E-state index contributed by atoms with van der Waals surface area (Å²) in [7, 11) is 0. The molecule has 23 heavy (non-hydrogen) atoms. The highest BCUT2D eigenvalue weighted by Gasteiger charge is 2.32. The standard InChI is InChI=1S/C18H14N2O3/c1-12-19-23-18(20(12)13-7-3-2-4-8-13)15-11-17(21)22-16-10-6-5-9-14(15)16/h2-11,18H,1H3. The van der Waals surface area contributed by atoms with Gasteiger partial charge in [0.2, 0.25) is 6.23 Å². The molecule has 1 aliphatic rings. The van der Waals surface area contributed by atoms with Crippen molar-refractivity contribution in [1.82, 2.24) is 0 Å². The highest BCUT2D eigenvalue weighted by atomic mass is 16.7. The van der Waals surface area contributed by atoms with E-state index in [9.17, 15) is 4.79 Å². The normalized spacial score (nSPS) is 17.2. The van der Waals surface area contributed by atoms with Crippen LogP contribution in [0.15, 0.2) is 75.0 Å². The predicted octanol–water partition coefficient (Wildman–Crippen LogP) is 3.66. The minimum Gasteiger partial charge on any atom is -0.423 e. The molecule has 0 fully saturated rings. The molecule has 2 aromatic carbocycles. The van der Waals surface area contributed by atoms with E-state index in [0.29, 0.717) is 5.58 Å². The van der Waals surface area contributed by atoms with Crippen molar-refractivity contribution in [2.45, 2.75) is 13.2 Å². The summed E-state index contributed by atoms with van der Waals surface area (Å²) in [4.78, 5) is 19.5. The average Bonchev–Trinajstić information content (AvgIpc) is 2.96. The van der Waals surface area contributed by atoms with Crippen molar-refractivity contribution in [2.75, 3.05) is 4.90 Å². The minimum absolute atomic E-state index is 0.403. The van der Waals surface area contributed by atoms with Crippen LogP contribution < -0.4 is 10.5 Å². The first kappa shape index (κ1) is 13.6. The van der Waals surface area contributed by atoms with Gasteiger partial charge in [-0.05, 0) is 25.1 Å². The molecular formula is C18H14N2O3. The van der Waals surface area contributed by atoms with E-state index in [1.54, 1.807) is 6.07 Å². The van der Waals surface area contributed by atoms with E-state index in [1.165, 1.54) is 6.07 Å². The Balaban J connectivity index is 1.89. The van der Waals surface area contributed by atoms with E-state index in [4.69, 9.17) is 9.25 Å². The molecule has 1 unspecified atom stereocenters. The van der Waals surface area contributed by atoms with Crippen molar-refractivity contribution in [3.05, 3.63) is 76.6 Å². The van der Waals surface area contributed by atoms with Gasteiger partial charge in [-0.25, -0.2) is 4.79 Å². The van der Waals surface area contributed by atoms with Gasteiger partial charge in [0.25, 0.3) is 0 Å². The Hall–Kier alpha value is -3.08. The summed E-state index contributed by atoms with van der Waals surface area (Å²) in [5, 5.41) is 4.93. The Bertz CT molecular complexity index is 947. The van der Waals surface area contributed by atoms with Crippen molar-refractivity contribution >= 4 is 22.5 Å². The van der Waals surface area contributed by atoms with E-state index in [1.807, 2.05) is 60.4 Å². The second kappa shape index (κ2) is 5.28. The fourth-order valence-corrected chi connectivity index (χ4v) is 2.83. The lowest BCUT2D eigenvalue weighted by molar-refractivity contribution is 0.0875. The van der Waals surface area contributed by atoms with Gasteiger partial charge < -0.3 is 9.25 Å². The smallest absolute Gasteiger partial charge is 0.336 e. The number of rotatable bonds is 2. The summed E-state index contributed by atoms with van der Waals surface area (Å²) < 4.78 is 5.26. The lowest BCUT2D eigenvalue weighted by atomic mass is 10.1. The third kappa shape index (κ3) is 2.26. The maximum Gasteiger partial charge on any atom is 0.336 e. The van der Waals surface area contributed by atoms with Crippen LogP contribution in [0.2, 0.25) is 0 Å². The molecule has 0 N–H and O–H groups in total. The molecule has 0 bridgehead atoms. The van der Waals surface area contributed by atoms with Crippen LogP contribution in [0.5, 0.6) is 0 Å². The van der Waals surface area contributed by atoms with Crippen molar-refractivity contribution in [2.24, 2.45) is 5.16 Å². The van der Waals surface area contributed by atoms with Crippen LogP contribution in [-0.4, -0.2) is 5.84 Å². The summed E-state index contributed by atoms with van der Waals surface area (Å²) in [6, 6.07) is 18.7. The van der Waals surface area contributed by atoms with Gasteiger partial charge in [-0.2, -0.15) is 0 Å². The van der Waals surface area contributed by atoms with E-state index < -0.39 is 11.9 Å². The van der Waals surface area contributed by atoms with Crippen molar-refractivity contribution in [3.63, 3.8) is 0 Å². The quantitative estimate of drug-likeness (QED) is 0.678. The number of amidine groups is 1. The number of para-hydroxylation sites is 2. The summed E-state index contributed by atoms with van der Waals surface area (Å²) in [6.45, 7) is 1.88. The molecule has 0 aliphatic carbocycles. The first-order chi connectivity index (χ1) is 11.2. The summed E-state index contributed by atoms with van der Waals surface area (Å²) in [5.74, 6) is 0.735. The number of benzene rings is 2. The molecule has 0 spiro atoms. The molecule has 2 heterocycles. The molecule has 1 aliphatic heterocycles. The highest BCUT2D eigenvalue weighted by molar-refractivity contribution is 5.98. The van der Waals surface area contributed by atoms with Gasteiger partial charge in [0.1, 0.15) is 11.4 Å². The molecule has 1 aromatic heterocycles. The third-order valence-corrected chi connectivity index (χ3v) is 3.85. The van der Waals surface area contributed by atoms with Crippen molar-refractivity contribution in [1.29, 1.82) is 0 Å². The number of oxime groups is 1. The Morgan fingerprint density at radius 1 is 1.04 bits per heavy atom. The Morgan fingerprint density at radius 3 is 2.61 bits per heavy atom. The molecule has 0 saturated heterocycles. The summed E-state index contributed by atoms with van der Waals surface area (Å²) in [5.41, 5.74) is 1.82. The fraction of sp³-hybridized carbons (Fsp3) is 0.111. The molecule has 0 radical (unpaired) electrons. The molecule has 114 valence electrons. The Labute approximate surface area is 132 Å². The Kier molecular flexibility index (Phi) is 3.12. The maximum absolute atomic E-state index is 11.9. The molecule has 1 atom stereocenters. The summed E-state index contributed by atoms with van der Waals surface area (Å²) in [6.07, 6.45) is -0.494. The zero-order valence-electron chi connectivity index (χ0n) is 12.5. The number of fused-ring (bicyclic) bond motifs is 1. The molecule has 3 aromatic rings. The molecule has 5 heteroatoms. The maximum atomic E-state index is 11.9. The van der Waals surface area contributed by atoms with Crippen molar-refractivity contribution in [3.8, 4) is 0 Å². The monoisotopic (exact) mass is 306 g/mol. The predicted molar refractivity (Wildman–Crippen MR) is 88.3 cm³/mol. The number of hydrogen-bond donors (Lipinski definition) is 0. The van der Waals surface area contributed by atoms with Crippen LogP contribution >= 0.6 is 0 Å². The topological polar surface area (TPSA) is 55.0 Å². The fourth-order valence-electron chi connectivity index (χ4n) is 2.83. The van der Waals surface area contributed by atoms with Gasteiger partial charge in [-0.3, -0.25) is 4.90 Å². The molecule has 4 rings (SSSR count). The van der Waals surface area contributed by atoms with Gasteiger partial charge >= 0.3 is 5.63 Å². The van der Waals surface area contributed by atoms with E-state index >= 15 is 0 Å². The average molecular weight is 306 g/mol. The van der Waals surface area contributed by atoms with Gasteiger partial charge in [0, 0.05) is 22.7 Å². The SMILES string of the molecule is CC1=NOC(c2cc(=O)oc3ccccc23)N1c1ccccc1. The van der Waals surface area contributed by atoms with Crippen LogP contribution in [-0.2, 0) is 4.84 Å². The second-order valence-corrected chi connectivity index (χ2v) is 5.32. The van der Waals surface area contributed by atoms with Crippen LogP contribution in [0, 0.1) is 0 Å². The second-order valence-electron chi connectivity index (χ2n) is 5.32. The lowest BCUT2D eigenvalue weighted by Crippen LogP contribution is -2.29. The Morgan fingerprint density at radius 2 is 1.78 bits per heavy atom. The van der Waals surface area contributed by atoms with Crippen LogP contribution in [0.1, 0.15) is 18.7 Å². The minimum atomic E-state index is -0.494.